The Bertz CT molecular complexity index is 1230. The molecule has 1 saturated carbocycles. The second kappa shape index (κ2) is 8.70. The van der Waals surface area contributed by atoms with Gasteiger partial charge in [-0.25, -0.2) is 18.9 Å². The molecule has 5 nitrogen and oxygen atoms in total. The second-order valence-electron chi connectivity index (χ2n) is 7.70. The topological polar surface area (TPSA) is 55.1 Å². The molecule has 3 aromatic heterocycles. The third-order valence-electron chi connectivity index (χ3n) is 5.59. The minimum Gasteiger partial charge on any atom is -0.351 e. The number of halogens is 3. The summed E-state index contributed by atoms with van der Waals surface area (Å²) in [6.45, 7) is 0. The van der Waals surface area contributed by atoms with E-state index < -0.39 is 0 Å². The Morgan fingerprint density at radius 2 is 1.87 bits per heavy atom. The van der Waals surface area contributed by atoms with Gasteiger partial charge in [0, 0.05) is 16.0 Å². The van der Waals surface area contributed by atoms with E-state index in [0.29, 0.717) is 22.8 Å². The van der Waals surface area contributed by atoms with Crippen molar-refractivity contribution in [1.82, 2.24) is 19.6 Å². The van der Waals surface area contributed by atoms with Crippen molar-refractivity contribution in [2.45, 2.75) is 36.2 Å². The van der Waals surface area contributed by atoms with Crippen LogP contribution in [0.3, 0.4) is 0 Å². The summed E-state index contributed by atoms with van der Waals surface area (Å²) in [6.07, 6.45) is 4.75. The average molecular weight is 548 g/mol. The lowest BCUT2D eigenvalue weighted by molar-refractivity contribution is 0.628. The van der Waals surface area contributed by atoms with E-state index in [-0.39, 0.29) is 5.82 Å². The largest absolute Gasteiger partial charge is 0.351 e. The molecule has 8 heteroatoms. The van der Waals surface area contributed by atoms with Gasteiger partial charge in [-0.1, -0.05) is 53.1 Å². The average Bonchev–Trinajstić information content (AvgIpc) is 3.42. The van der Waals surface area contributed by atoms with Crippen molar-refractivity contribution >= 4 is 45.7 Å². The number of nitrogens with one attached hydrogen (secondary N) is 1. The predicted molar refractivity (Wildman–Crippen MR) is 130 cm³/mol. The molecule has 1 N–H and O–H groups in total. The van der Waals surface area contributed by atoms with Crippen LogP contribution in [0.1, 0.15) is 31.4 Å². The minimum absolute atomic E-state index is 0.288. The molecule has 0 bridgehead atoms. The lowest BCUT2D eigenvalue weighted by Crippen LogP contribution is -2.17. The van der Waals surface area contributed by atoms with Crippen LogP contribution in [0.15, 0.2) is 48.5 Å². The normalized spacial score (nSPS) is 14.4. The van der Waals surface area contributed by atoms with Crippen LogP contribution in [0.25, 0.3) is 28.0 Å². The van der Waals surface area contributed by atoms with E-state index in [9.17, 15) is 4.39 Å². The molecule has 1 aromatic carbocycles. The zero-order valence-corrected chi connectivity index (χ0v) is 19.6. The minimum atomic E-state index is -0.288. The van der Waals surface area contributed by atoms with Gasteiger partial charge in [-0.3, -0.25) is 0 Å². The zero-order chi connectivity index (χ0) is 21.4. The van der Waals surface area contributed by atoms with Gasteiger partial charge in [-0.2, -0.15) is 5.10 Å². The summed E-state index contributed by atoms with van der Waals surface area (Å²) in [5.41, 5.74) is 4.93. The van der Waals surface area contributed by atoms with Crippen molar-refractivity contribution in [3.63, 3.8) is 0 Å². The second-order valence-corrected chi connectivity index (χ2v) is 8.85. The van der Waals surface area contributed by atoms with Gasteiger partial charge >= 0.3 is 0 Å². The molecule has 3 heterocycles. The summed E-state index contributed by atoms with van der Waals surface area (Å²) in [7, 11) is 0. The molecule has 0 radical (unpaired) electrons. The number of aromatic nitrogens is 4. The van der Waals surface area contributed by atoms with Gasteiger partial charge in [0.15, 0.2) is 0 Å². The lowest BCUT2D eigenvalue weighted by Gasteiger charge is -2.14. The quantitative estimate of drug-likeness (QED) is 0.175. The van der Waals surface area contributed by atoms with Crippen molar-refractivity contribution < 1.29 is 4.39 Å². The summed E-state index contributed by atoms with van der Waals surface area (Å²) in [5, 5.41) is 8.77. The van der Waals surface area contributed by atoms with E-state index >= 15 is 0 Å². The van der Waals surface area contributed by atoms with Crippen molar-refractivity contribution in [1.29, 1.82) is 0 Å². The molecule has 1 aliphatic rings. The van der Waals surface area contributed by atoms with Crippen LogP contribution in [-0.4, -0.2) is 25.6 Å². The predicted octanol–water partition coefficient (Wildman–Crippen LogP) is 6.54. The highest BCUT2D eigenvalue weighted by Crippen LogP contribution is 2.36. The van der Waals surface area contributed by atoms with Crippen molar-refractivity contribution in [3.8, 4) is 22.5 Å². The lowest BCUT2D eigenvalue weighted by atomic mass is 10.0. The van der Waals surface area contributed by atoms with Crippen LogP contribution >= 0.6 is 34.2 Å². The van der Waals surface area contributed by atoms with Crippen LogP contribution in [-0.2, 0) is 4.43 Å². The molecule has 5 rings (SSSR count). The maximum atomic E-state index is 13.6. The van der Waals surface area contributed by atoms with E-state index in [1.807, 2.05) is 18.2 Å². The highest BCUT2D eigenvalue weighted by molar-refractivity contribution is 14.1. The van der Waals surface area contributed by atoms with Gasteiger partial charge in [0.05, 0.1) is 22.5 Å². The first-order valence-electron chi connectivity index (χ1n) is 10.3. The number of pyridine rings is 1. The maximum Gasteiger partial charge on any atom is 0.223 e. The first-order chi connectivity index (χ1) is 15.1. The van der Waals surface area contributed by atoms with Gasteiger partial charge in [-0.05, 0) is 55.3 Å². The molecule has 0 saturated heterocycles. The molecule has 31 heavy (non-hydrogen) atoms. The fourth-order valence-corrected chi connectivity index (χ4v) is 4.70. The first-order valence-corrected chi connectivity index (χ1v) is 12.2. The first kappa shape index (κ1) is 20.6. The Morgan fingerprint density at radius 1 is 1.10 bits per heavy atom. The number of fused-ring (bicyclic) bond motifs is 1. The Balaban J connectivity index is 1.71. The van der Waals surface area contributed by atoms with E-state index in [0.717, 1.165) is 45.3 Å². The fraction of sp³-hybridized carbons (Fsp3) is 0.261. The summed E-state index contributed by atoms with van der Waals surface area (Å²) in [5.74, 6) is 0.354. The summed E-state index contributed by atoms with van der Waals surface area (Å²) < 4.78 is 16.0. The number of nitrogens with zero attached hydrogens (tertiary/aromatic N) is 4. The number of rotatable bonds is 5. The highest BCUT2D eigenvalue weighted by Gasteiger charge is 2.21. The Hall–Kier alpha value is -2.26. The molecule has 1 fully saturated rings. The number of alkyl halides is 1. The van der Waals surface area contributed by atoms with Crippen LogP contribution in [0.5, 0.6) is 0 Å². The third-order valence-corrected chi connectivity index (χ3v) is 6.66. The molecular weight excluding hydrogens is 528 g/mol. The van der Waals surface area contributed by atoms with Gasteiger partial charge < -0.3 is 5.32 Å². The SMILES string of the molecule is Fc1ccc(-c2nn3c(Cl)cccc3c2-c2cc(CI)nc(NC3CCCC3)n2)cc1. The Morgan fingerprint density at radius 3 is 2.61 bits per heavy atom. The molecule has 0 unspecified atom stereocenters. The van der Waals surface area contributed by atoms with Crippen molar-refractivity contribution in [3.05, 3.63) is 65.2 Å². The Kier molecular flexibility index (Phi) is 5.79. The van der Waals surface area contributed by atoms with Crippen LogP contribution in [0.4, 0.5) is 10.3 Å². The summed E-state index contributed by atoms with van der Waals surface area (Å²) in [6, 6.07) is 14.4. The highest BCUT2D eigenvalue weighted by atomic mass is 127. The van der Waals surface area contributed by atoms with E-state index in [1.165, 1.54) is 25.0 Å². The third kappa shape index (κ3) is 4.13. The Labute approximate surface area is 198 Å². The van der Waals surface area contributed by atoms with Gasteiger partial charge in [-0.15, -0.1) is 0 Å². The van der Waals surface area contributed by atoms with E-state index in [4.69, 9.17) is 26.7 Å². The molecule has 1 aliphatic carbocycles. The molecule has 0 amide bonds. The molecule has 0 spiro atoms. The molecule has 158 valence electrons. The van der Waals surface area contributed by atoms with Crippen LogP contribution in [0, 0.1) is 5.82 Å². The smallest absolute Gasteiger partial charge is 0.223 e. The van der Waals surface area contributed by atoms with Gasteiger partial charge in [0.25, 0.3) is 0 Å². The molecule has 0 aliphatic heterocycles. The number of anilines is 1. The zero-order valence-electron chi connectivity index (χ0n) is 16.7. The van der Waals surface area contributed by atoms with E-state index in [1.54, 1.807) is 22.7 Å². The summed E-state index contributed by atoms with van der Waals surface area (Å²) in [4.78, 5) is 9.58. The van der Waals surface area contributed by atoms with Gasteiger partial charge in [0.2, 0.25) is 5.95 Å². The molecular formula is C23H20ClFIN5. The number of hydrogen-bond donors (Lipinski definition) is 1. The van der Waals surface area contributed by atoms with E-state index in [2.05, 4.69) is 27.9 Å². The molecule has 0 atom stereocenters. The van der Waals surface area contributed by atoms with Crippen molar-refractivity contribution in [2.75, 3.05) is 5.32 Å². The van der Waals surface area contributed by atoms with Gasteiger partial charge in [0.1, 0.15) is 16.7 Å². The maximum absolute atomic E-state index is 13.6. The van der Waals surface area contributed by atoms with Crippen LogP contribution < -0.4 is 5.32 Å². The van der Waals surface area contributed by atoms with Crippen molar-refractivity contribution in [2.24, 2.45) is 0 Å². The monoisotopic (exact) mass is 547 g/mol. The number of benzene rings is 1. The fourth-order valence-electron chi connectivity index (χ4n) is 4.11. The summed E-state index contributed by atoms with van der Waals surface area (Å²) >= 11 is 8.75. The number of hydrogen-bond acceptors (Lipinski definition) is 4. The molecule has 4 aromatic rings. The standard InChI is InChI=1S/C23H20ClFIN5/c24-20-7-3-6-19-21(22(30-31(19)20)14-8-10-15(25)11-9-14)18-12-17(13-26)28-23(29-18)27-16-4-1-2-5-16/h3,6-12,16H,1-2,4-5,13H2,(H,27,28,29). The van der Waals surface area contributed by atoms with Crippen LogP contribution in [0.2, 0.25) is 5.15 Å².